The minimum absolute atomic E-state index is 0.0481. The summed E-state index contributed by atoms with van der Waals surface area (Å²) in [6.07, 6.45) is 0.407. The molecule has 0 radical (unpaired) electrons. The van der Waals surface area contributed by atoms with E-state index in [-0.39, 0.29) is 11.9 Å². The highest BCUT2D eigenvalue weighted by Crippen LogP contribution is 2.27. The number of hydrogen-bond donors (Lipinski definition) is 1. The van der Waals surface area contributed by atoms with Gasteiger partial charge in [0, 0.05) is 19.0 Å². The van der Waals surface area contributed by atoms with Crippen molar-refractivity contribution in [1.82, 2.24) is 5.16 Å². The largest absolute Gasteiger partial charge is 0.359 e. The molecule has 2 rings (SSSR count). The van der Waals surface area contributed by atoms with Gasteiger partial charge in [-0.2, -0.15) is 0 Å². The highest BCUT2D eigenvalue weighted by molar-refractivity contribution is 5.97. The van der Waals surface area contributed by atoms with Crippen LogP contribution in [0.4, 0.5) is 5.69 Å². The summed E-state index contributed by atoms with van der Waals surface area (Å²) in [7, 11) is 0. The summed E-state index contributed by atoms with van der Waals surface area (Å²) < 4.78 is 5.01. The molecule has 1 aliphatic rings. The Hall–Kier alpha value is -1.36. The molecular weight excluding hydrogens is 182 g/mol. The van der Waals surface area contributed by atoms with E-state index in [4.69, 9.17) is 10.3 Å². The van der Waals surface area contributed by atoms with E-state index >= 15 is 0 Å². The van der Waals surface area contributed by atoms with Gasteiger partial charge in [-0.3, -0.25) is 4.79 Å². The molecule has 1 amide bonds. The van der Waals surface area contributed by atoms with Gasteiger partial charge in [-0.15, -0.1) is 0 Å². The minimum atomic E-state index is -0.0730. The lowest BCUT2D eigenvalue weighted by Gasteiger charge is -2.14. The molecule has 1 unspecified atom stereocenters. The van der Waals surface area contributed by atoms with Crippen LogP contribution < -0.4 is 10.6 Å². The van der Waals surface area contributed by atoms with Gasteiger partial charge in [0.1, 0.15) is 11.4 Å². The van der Waals surface area contributed by atoms with E-state index < -0.39 is 0 Å². The van der Waals surface area contributed by atoms with Gasteiger partial charge in [0.25, 0.3) is 0 Å². The zero-order valence-electron chi connectivity index (χ0n) is 8.28. The van der Waals surface area contributed by atoms with Crippen molar-refractivity contribution < 1.29 is 9.32 Å². The van der Waals surface area contributed by atoms with Crippen LogP contribution in [0.2, 0.25) is 0 Å². The smallest absolute Gasteiger partial charge is 0.228 e. The number of nitrogens with two attached hydrogens (primary N) is 1. The highest BCUT2D eigenvalue weighted by Gasteiger charge is 2.31. The third-order valence-electron chi connectivity index (χ3n) is 2.42. The number of aromatic nitrogens is 1. The zero-order valence-corrected chi connectivity index (χ0v) is 8.28. The van der Waals surface area contributed by atoms with Gasteiger partial charge < -0.3 is 15.2 Å². The van der Waals surface area contributed by atoms with E-state index in [1.54, 1.807) is 11.8 Å². The van der Waals surface area contributed by atoms with Crippen LogP contribution in [-0.2, 0) is 4.79 Å². The standard InChI is InChI=1S/C9H13N3O2/c1-5-9(6(2)14-11-5)12-4-7(10)3-8(12)13/h7H,3-4,10H2,1-2H3. The van der Waals surface area contributed by atoms with Gasteiger partial charge in [-0.25, -0.2) is 0 Å². The second kappa shape index (κ2) is 3.09. The zero-order chi connectivity index (χ0) is 10.3. The molecule has 1 aromatic rings. The van der Waals surface area contributed by atoms with E-state index in [2.05, 4.69) is 5.16 Å². The fourth-order valence-corrected chi connectivity index (χ4v) is 1.81. The maximum atomic E-state index is 11.6. The summed E-state index contributed by atoms with van der Waals surface area (Å²) in [5.74, 6) is 0.719. The fraction of sp³-hybridized carbons (Fsp3) is 0.556. The SMILES string of the molecule is Cc1noc(C)c1N1CC(N)CC1=O. The molecule has 2 N–H and O–H groups in total. The summed E-state index contributed by atoms with van der Waals surface area (Å²) in [6, 6.07) is -0.0730. The molecule has 76 valence electrons. The fourth-order valence-electron chi connectivity index (χ4n) is 1.81. The summed E-state index contributed by atoms with van der Waals surface area (Å²) in [5, 5.41) is 3.81. The number of aryl methyl sites for hydroxylation is 2. The van der Waals surface area contributed by atoms with E-state index in [0.29, 0.717) is 18.7 Å². The highest BCUT2D eigenvalue weighted by atomic mass is 16.5. The number of amides is 1. The Bertz CT molecular complexity index is 353. The maximum Gasteiger partial charge on any atom is 0.228 e. The Morgan fingerprint density at radius 1 is 1.57 bits per heavy atom. The van der Waals surface area contributed by atoms with Crippen molar-refractivity contribution in [2.45, 2.75) is 26.3 Å². The lowest BCUT2D eigenvalue weighted by Crippen LogP contribution is -2.28. The maximum absolute atomic E-state index is 11.6. The third-order valence-corrected chi connectivity index (χ3v) is 2.42. The lowest BCUT2D eigenvalue weighted by molar-refractivity contribution is -0.117. The second-order valence-electron chi connectivity index (χ2n) is 3.64. The van der Waals surface area contributed by atoms with Gasteiger partial charge >= 0.3 is 0 Å². The van der Waals surface area contributed by atoms with E-state index in [1.807, 2.05) is 6.92 Å². The normalized spacial score (nSPS) is 22.1. The average molecular weight is 195 g/mol. The Morgan fingerprint density at radius 3 is 2.71 bits per heavy atom. The molecule has 0 bridgehead atoms. The van der Waals surface area contributed by atoms with Crippen molar-refractivity contribution in [3.05, 3.63) is 11.5 Å². The van der Waals surface area contributed by atoms with Crippen LogP contribution in [0.25, 0.3) is 0 Å². The molecule has 1 saturated heterocycles. The Morgan fingerprint density at radius 2 is 2.29 bits per heavy atom. The lowest BCUT2D eigenvalue weighted by atomic mass is 10.3. The Kier molecular flexibility index (Phi) is 2.03. The molecule has 2 heterocycles. The first-order chi connectivity index (χ1) is 6.59. The van der Waals surface area contributed by atoms with Crippen molar-refractivity contribution in [2.24, 2.45) is 5.73 Å². The van der Waals surface area contributed by atoms with Crippen LogP contribution in [0.5, 0.6) is 0 Å². The second-order valence-corrected chi connectivity index (χ2v) is 3.64. The summed E-state index contributed by atoms with van der Waals surface area (Å²) in [5.41, 5.74) is 7.23. The topological polar surface area (TPSA) is 72.4 Å². The number of hydrogen-bond acceptors (Lipinski definition) is 4. The molecular formula is C9H13N3O2. The summed E-state index contributed by atoms with van der Waals surface area (Å²) in [4.78, 5) is 13.2. The molecule has 0 aromatic carbocycles. The van der Waals surface area contributed by atoms with Crippen LogP contribution in [0.1, 0.15) is 17.9 Å². The molecule has 0 aliphatic carbocycles. The van der Waals surface area contributed by atoms with E-state index in [9.17, 15) is 4.79 Å². The molecule has 0 saturated carbocycles. The molecule has 1 aromatic heterocycles. The molecule has 5 nitrogen and oxygen atoms in total. The number of anilines is 1. The van der Waals surface area contributed by atoms with Crippen molar-refractivity contribution >= 4 is 11.6 Å². The first-order valence-corrected chi connectivity index (χ1v) is 4.58. The average Bonchev–Trinajstić information content (AvgIpc) is 2.57. The first-order valence-electron chi connectivity index (χ1n) is 4.58. The summed E-state index contributed by atoms with van der Waals surface area (Å²) >= 11 is 0. The first kappa shape index (κ1) is 9.21. The Balaban J connectivity index is 2.36. The van der Waals surface area contributed by atoms with Crippen molar-refractivity contribution in [2.75, 3.05) is 11.4 Å². The number of carbonyl (C=O) groups is 1. The molecule has 5 heteroatoms. The predicted molar refractivity (Wildman–Crippen MR) is 50.9 cm³/mol. The summed E-state index contributed by atoms with van der Waals surface area (Å²) in [6.45, 7) is 4.18. The van der Waals surface area contributed by atoms with Crippen molar-refractivity contribution in [3.8, 4) is 0 Å². The van der Waals surface area contributed by atoms with Crippen LogP contribution in [0.3, 0.4) is 0 Å². The monoisotopic (exact) mass is 195 g/mol. The third kappa shape index (κ3) is 1.29. The number of nitrogens with zero attached hydrogens (tertiary/aromatic N) is 2. The molecule has 14 heavy (non-hydrogen) atoms. The van der Waals surface area contributed by atoms with E-state index in [1.165, 1.54) is 0 Å². The molecule has 1 fully saturated rings. The van der Waals surface area contributed by atoms with Crippen LogP contribution >= 0.6 is 0 Å². The number of carbonyl (C=O) groups excluding carboxylic acids is 1. The van der Waals surface area contributed by atoms with Crippen LogP contribution in [-0.4, -0.2) is 23.7 Å². The van der Waals surface area contributed by atoms with Crippen molar-refractivity contribution in [1.29, 1.82) is 0 Å². The van der Waals surface area contributed by atoms with Gasteiger partial charge in [-0.05, 0) is 13.8 Å². The van der Waals surface area contributed by atoms with Gasteiger partial charge in [0.15, 0.2) is 5.76 Å². The Labute approximate surface area is 81.8 Å². The van der Waals surface area contributed by atoms with Gasteiger partial charge in [0.05, 0.1) is 0 Å². The minimum Gasteiger partial charge on any atom is -0.359 e. The quantitative estimate of drug-likeness (QED) is 0.702. The van der Waals surface area contributed by atoms with Gasteiger partial charge in [0.2, 0.25) is 5.91 Å². The molecule has 0 spiro atoms. The predicted octanol–water partition coefficient (Wildman–Crippen LogP) is 0.355. The number of rotatable bonds is 1. The molecule has 1 aliphatic heterocycles. The van der Waals surface area contributed by atoms with Crippen LogP contribution in [0.15, 0.2) is 4.52 Å². The van der Waals surface area contributed by atoms with Crippen LogP contribution in [0, 0.1) is 13.8 Å². The molecule has 1 atom stereocenters. The van der Waals surface area contributed by atoms with E-state index in [0.717, 1.165) is 11.4 Å². The van der Waals surface area contributed by atoms with Crippen molar-refractivity contribution in [3.63, 3.8) is 0 Å². The van der Waals surface area contributed by atoms with Gasteiger partial charge in [-0.1, -0.05) is 5.16 Å².